The van der Waals surface area contributed by atoms with E-state index < -0.39 is 0 Å². The number of hydrogen-bond donors (Lipinski definition) is 0. The Balaban J connectivity index is 0.00000225. The summed E-state index contributed by atoms with van der Waals surface area (Å²) < 4.78 is 1.60. The summed E-state index contributed by atoms with van der Waals surface area (Å²) in [6, 6.07) is 26.2. The van der Waals surface area contributed by atoms with E-state index in [9.17, 15) is 10.1 Å². The molecule has 2 heterocycles. The maximum Gasteiger partial charge on any atom is 0.263 e. The van der Waals surface area contributed by atoms with Crippen molar-refractivity contribution in [2.75, 3.05) is 0 Å². The monoisotopic (exact) mass is 469 g/mol. The Morgan fingerprint density at radius 1 is 0.857 bits per heavy atom. The minimum absolute atomic E-state index is 0. The van der Waals surface area contributed by atoms with Crippen molar-refractivity contribution in [1.29, 1.82) is 5.26 Å². The van der Waals surface area contributed by atoms with E-state index in [2.05, 4.69) is 11.1 Å². The fraction of sp³-hybridized carbons (Fsp3) is 0. The van der Waals surface area contributed by atoms with Gasteiger partial charge in [0, 0.05) is 58.7 Å². The van der Waals surface area contributed by atoms with Crippen molar-refractivity contribution >= 4 is 23.9 Å². The van der Waals surface area contributed by atoms with Gasteiger partial charge in [0.25, 0.3) is 5.56 Å². The number of para-hydroxylation sites is 1. The average Bonchev–Trinajstić information content (AvgIpc) is 2.75. The van der Waals surface area contributed by atoms with Gasteiger partial charge in [-0.15, -0.1) is 0 Å². The molecule has 4 aromatic rings. The molecular weight excluding hydrogens is 453 g/mol. The summed E-state index contributed by atoms with van der Waals surface area (Å²) in [5.41, 5.74) is 3.71. The smallest absolute Gasteiger partial charge is 0.263 e. The zero-order valence-corrected chi connectivity index (χ0v) is 17.8. The first-order valence-electron chi connectivity index (χ1n) is 8.51. The summed E-state index contributed by atoms with van der Waals surface area (Å²) in [6.45, 7) is 0. The molecule has 5 heteroatoms. The predicted octanol–water partition coefficient (Wildman–Crippen LogP) is 4.06. The zero-order chi connectivity index (χ0) is 18.6. The number of benzene rings is 2. The molecule has 0 bridgehead atoms. The van der Waals surface area contributed by atoms with E-state index >= 15 is 0 Å². The maximum absolute atomic E-state index is 13.3. The van der Waals surface area contributed by atoms with Gasteiger partial charge in [0.15, 0.2) is 0 Å². The molecule has 4 nitrogen and oxygen atoms in total. The number of nitrogens with zero attached hydrogens (tertiary/aromatic N) is 3. The molecule has 0 saturated carbocycles. The van der Waals surface area contributed by atoms with Gasteiger partial charge in [-0.3, -0.25) is 14.3 Å². The molecule has 0 saturated heterocycles. The van der Waals surface area contributed by atoms with E-state index in [0.717, 1.165) is 16.9 Å². The number of hydrogen-bond acceptors (Lipinski definition) is 3. The third-order valence-electron chi connectivity index (χ3n) is 4.35. The molecule has 28 heavy (non-hydrogen) atoms. The standard InChI is InChI=1S/C23H15N3O.Sn/c24-15-17-8-4-5-11-20(17)21-14-18(22-12-6-7-13-25-22)16-26(23(21)27)19-9-2-1-3-10-19;/h1-14,16H;. The normalized spacial score (nSPS) is 9.96. The van der Waals surface area contributed by atoms with E-state index in [4.69, 9.17) is 0 Å². The minimum Gasteiger partial charge on any atom is -0.283 e. The van der Waals surface area contributed by atoms with Crippen molar-refractivity contribution in [3.8, 4) is 34.1 Å². The van der Waals surface area contributed by atoms with Crippen molar-refractivity contribution in [3.05, 3.63) is 107 Å². The van der Waals surface area contributed by atoms with Crippen LogP contribution in [0.2, 0.25) is 0 Å². The number of aromatic nitrogens is 2. The predicted molar refractivity (Wildman–Crippen MR) is 111 cm³/mol. The van der Waals surface area contributed by atoms with Crippen LogP contribution in [0.4, 0.5) is 0 Å². The molecular formula is C23H15N3OSn. The summed E-state index contributed by atoms with van der Waals surface area (Å²) in [4.78, 5) is 17.7. The molecule has 0 spiro atoms. The molecule has 2 aromatic heterocycles. The van der Waals surface area contributed by atoms with Gasteiger partial charge in [0.05, 0.1) is 17.3 Å². The van der Waals surface area contributed by atoms with E-state index in [-0.39, 0.29) is 29.5 Å². The number of rotatable bonds is 3. The Morgan fingerprint density at radius 3 is 2.29 bits per heavy atom. The second-order valence-corrected chi connectivity index (χ2v) is 6.03. The van der Waals surface area contributed by atoms with Crippen molar-refractivity contribution < 1.29 is 0 Å². The van der Waals surface area contributed by atoms with Gasteiger partial charge in [-0.2, -0.15) is 5.26 Å². The van der Waals surface area contributed by atoms with E-state index in [0.29, 0.717) is 16.7 Å². The van der Waals surface area contributed by atoms with Gasteiger partial charge in [0.1, 0.15) is 0 Å². The van der Waals surface area contributed by atoms with Crippen LogP contribution in [0.1, 0.15) is 5.56 Å². The second-order valence-electron chi connectivity index (χ2n) is 6.03. The first-order chi connectivity index (χ1) is 13.3. The average molecular weight is 468 g/mol. The minimum atomic E-state index is -0.177. The maximum atomic E-state index is 13.3. The van der Waals surface area contributed by atoms with Crippen LogP contribution in [0.25, 0.3) is 28.1 Å². The van der Waals surface area contributed by atoms with Gasteiger partial charge in [-0.25, -0.2) is 0 Å². The van der Waals surface area contributed by atoms with Crippen LogP contribution in [0, 0.1) is 11.3 Å². The SMILES string of the molecule is N#Cc1ccccc1-c1cc(-c2ccccn2)cn(-c2ccccc2)c1=O.[Sn]. The van der Waals surface area contributed by atoms with Gasteiger partial charge in [-0.05, 0) is 36.4 Å². The van der Waals surface area contributed by atoms with Gasteiger partial charge in [0.2, 0.25) is 0 Å². The molecule has 0 unspecified atom stereocenters. The third-order valence-corrected chi connectivity index (χ3v) is 4.35. The summed E-state index contributed by atoms with van der Waals surface area (Å²) in [5.74, 6) is 0. The summed E-state index contributed by atoms with van der Waals surface area (Å²) in [6.07, 6.45) is 3.51. The first-order valence-corrected chi connectivity index (χ1v) is 8.51. The quantitative estimate of drug-likeness (QED) is 0.427. The molecule has 0 aliphatic carbocycles. The third kappa shape index (κ3) is 3.75. The first kappa shape index (κ1) is 19.6. The van der Waals surface area contributed by atoms with Crippen LogP contribution in [0.5, 0.6) is 0 Å². The van der Waals surface area contributed by atoms with Crippen LogP contribution >= 0.6 is 0 Å². The van der Waals surface area contributed by atoms with Gasteiger partial charge < -0.3 is 0 Å². The van der Waals surface area contributed by atoms with Crippen LogP contribution in [0.15, 0.2) is 96.1 Å². The molecule has 2 aromatic carbocycles. The van der Waals surface area contributed by atoms with E-state index in [1.54, 1.807) is 41.2 Å². The van der Waals surface area contributed by atoms with Crippen molar-refractivity contribution in [2.45, 2.75) is 0 Å². The Hall–Kier alpha value is -3.17. The fourth-order valence-electron chi connectivity index (χ4n) is 3.04. The molecule has 0 atom stereocenters. The van der Waals surface area contributed by atoms with Crippen molar-refractivity contribution in [2.24, 2.45) is 0 Å². The van der Waals surface area contributed by atoms with Gasteiger partial charge in [-0.1, -0.05) is 42.5 Å². The Labute approximate surface area is 179 Å². The Bertz CT molecular complexity index is 1200. The van der Waals surface area contributed by atoms with Crippen LogP contribution < -0.4 is 5.56 Å². The second kappa shape index (κ2) is 8.68. The molecule has 0 amide bonds. The molecule has 0 aliphatic rings. The van der Waals surface area contributed by atoms with Crippen LogP contribution in [0.3, 0.4) is 0 Å². The van der Waals surface area contributed by atoms with Crippen molar-refractivity contribution in [1.82, 2.24) is 9.55 Å². The summed E-state index contributed by atoms with van der Waals surface area (Å²) >= 11 is 0. The van der Waals surface area contributed by atoms with Crippen LogP contribution in [-0.2, 0) is 0 Å². The number of nitriles is 1. The Morgan fingerprint density at radius 2 is 1.57 bits per heavy atom. The van der Waals surface area contributed by atoms with E-state index in [1.807, 2.05) is 54.6 Å². The van der Waals surface area contributed by atoms with Crippen LogP contribution in [-0.4, -0.2) is 33.5 Å². The summed E-state index contributed by atoms with van der Waals surface area (Å²) in [5, 5.41) is 9.47. The number of pyridine rings is 2. The van der Waals surface area contributed by atoms with E-state index in [1.165, 1.54) is 0 Å². The molecule has 0 fully saturated rings. The van der Waals surface area contributed by atoms with Gasteiger partial charge >= 0.3 is 0 Å². The zero-order valence-electron chi connectivity index (χ0n) is 14.9. The molecule has 0 aliphatic heterocycles. The fourth-order valence-corrected chi connectivity index (χ4v) is 3.04. The topological polar surface area (TPSA) is 58.7 Å². The van der Waals surface area contributed by atoms with Crippen molar-refractivity contribution in [3.63, 3.8) is 0 Å². The largest absolute Gasteiger partial charge is 0.283 e. The molecule has 132 valence electrons. The summed E-state index contributed by atoms with van der Waals surface area (Å²) in [7, 11) is 0. The Kier molecular flexibility index (Phi) is 6.07. The molecule has 4 radical (unpaired) electrons. The molecule has 0 N–H and O–H groups in total. The molecule has 4 rings (SSSR count).